The van der Waals surface area contributed by atoms with Gasteiger partial charge >= 0.3 is 0 Å². The van der Waals surface area contributed by atoms with E-state index in [1.165, 1.54) is 0 Å². The molecule has 3 heteroatoms. The zero-order valence-corrected chi connectivity index (χ0v) is 9.89. The van der Waals surface area contributed by atoms with Crippen LogP contribution in [0, 0.1) is 0 Å². The van der Waals surface area contributed by atoms with Crippen LogP contribution in [0.4, 0.5) is 0 Å². The van der Waals surface area contributed by atoms with Crippen LogP contribution >= 0.6 is 0 Å². The van der Waals surface area contributed by atoms with Crippen LogP contribution in [0.1, 0.15) is 18.1 Å². The van der Waals surface area contributed by atoms with E-state index in [0.717, 1.165) is 22.1 Å². The van der Waals surface area contributed by atoms with Crippen molar-refractivity contribution in [1.29, 1.82) is 0 Å². The molecule has 2 aromatic rings. The summed E-state index contributed by atoms with van der Waals surface area (Å²) in [5.41, 5.74) is 6.39. The molecule has 0 spiro atoms. The minimum Gasteiger partial charge on any atom is -0.496 e. The Bertz CT molecular complexity index is 511. The lowest BCUT2D eigenvalue weighted by Gasteiger charge is -2.14. The second-order valence-corrected chi connectivity index (χ2v) is 4.00. The molecule has 0 aliphatic heterocycles. The zero-order valence-electron chi connectivity index (χ0n) is 9.89. The number of ether oxygens (including phenoxy) is 1. The first-order valence-electron chi connectivity index (χ1n) is 5.71. The number of fused-ring (bicyclic) bond motifs is 1. The summed E-state index contributed by atoms with van der Waals surface area (Å²) in [4.78, 5) is 0. The summed E-state index contributed by atoms with van der Waals surface area (Å²) in [6.07, 6.45) is 0.0480. The first-order valence-corrected chi connectivity index (χ1v) is 5.71. The van der Waals surface area contributed by atoms with Crippen molar-refractivity contribution in [3.8, 4) is 5.75 Å². The summed E-state index contributed by atoms with van der Waals surface area (Å²) >= 11 is 0. The molecule has 0 aliphatic rings. The normalized spacial score (nSPS) is 12.6. The molecular formula is C14H17NO2. The molecule has 3 N–H and O–H groups in total. The average molecular weight is 231 g/mol. The highest BCUT2D eigenvalue weighted by Crippen LogP contribution is 2.32. The number of aliphatic hydroxyl groups excluding tert-OH is 1. The van der Waals surface area contributed by atoms with Gasteiger partial charge in [-0.3, -0.25) is 0 Å². The van der Waals surface area contributed by atoms with Gasteiger partial charge in [-0.1, -0.05) is 30.3 Å². The van der Waals surface area contributed by atoms with E-state index in [4.69, 9.17) is 10.5 Å². The number of benzene rings is 2. The van der Waals surface area contributed by atoms with Crippen molar-refractivity contribution in [2.75, 3.05) is 13.7 Å². The lowest BCUT2D eigenvalue weighted by molar-refractivity contribution is 0.172. The van der Waals surface area contributed by atoms with Gasteiger partial charge in [0.15, 0.2) is 0 Å². The fourth-order valence-corrected chi connectivity index (χ4v) is 2.08. The van der Waals surface area contributed by atoms with Crippen molar-refractivity contribution in [3.05, 3.63) is 42.0 Å². The number of hydrogen-bond acceptors (Lipinski definition) is 3. The molecule has 0 aliphatic carbocycles. The molecule has 1 atom stereocenters. The van der Waals surface area contributed by atoms with Crippen LogP contribution in [0.5, 0.6) is 5.75 Å². The topological polar surface area (TPSA) is 55.5 Å². The quantitative estimate of drug-likeness (QED) is 0.848. The third kappa shape index (κ3) is 2.25. The molecule has 0 amide bonds. The molecule has 0 radical (unpaired) electrons. The summed E-state index contributed by atoms with van der Waals surface area (Å²) in [6.45, 7) is 0.474. The molecule has 2 aromatic carbocycles. The number of methoxy groups -OCH3 is 1. The molecule has 90 valence electrons. The van der Waals surface area contributed by atoms with Crippen molar-refractivity contribution in [3.63, 3.8) is 0 Å². The van der Waals surface area contributed by atoms with Crippen molar-refractivity contribution in [2.45, 2.75) is 12.5 Å². The fourth-order valence-electron chi connectivity index (χ4n) is 2.08. The van der Waals surface area contributed by atoms with E-state index in [0.29, 0.717) is 13.0 Å². The Labute approximate surface area is 101 Å². The van der Waals surface area contributed by atoms with Gasteiger partial charge in [0.05, 0.1) is 13.2 Å². The number of aliphatic hydroxyl groups is 1. The minimum atomic E-state index is -0.518. The van der Waals surface area contributed by atoms with E-state index in [2.05, 4.69) is 0 Å². The predicted molar refractivity (Wildman–Crippen MR) is 69.1 cm³/mol. The van der Waals surface area contributed by atoms with Gasteiger partial charge in [0.25, 0.3) is 0 Å². The smallest absolute Gasteiger partial charge is 0.126 e. The highest BCUT2D eigenvalue weighted by Gasteiger charge is 2.12. The molecule has 0 heterocycles. The van der Waals surface area contributed by atoms with Crippen molar-refractivity contribution >= 4 is 10.8 Å². The highest BCUT2D eigenvalue weighted by atomic mass is 16.5. The predicted octanol–water partition coefficient (Wildman–Crippen LogP) is 2.23. The van der Waals surface area contributed by atoms with Crippen LogP contribution in [0.2, 0.25) is 0 Å². The molecule has 2 rings (SSSR count). The molecule has 0 saturated carbocycles. The Morgan fingerprint density at radius 3 is 2.53 bits per heavy atom. The first-order chi connectivity index (χ1) is 8.27. The standard InChI is InChI=1S/C14H17NO2/c1-17-14-7-6-11(13(16)8-9-15)10-4-2-3-5-12(10)14/h2-7,13,16H,8-9,15H2,1H3/t13-/m0/s1. The minimum absolute atomic E-state index is 0.474. The average Bonchev–Trinajstić information content (AvgIpc) is 2.37. The maximum atomic E-state index is 10.1. The van der Waals surface area contributed by atoms with E-state index < -0.39 is 6.10 Å². The largest absolute Gasteiger partial charge is 0.496 e. The van der Waals surface area contributed by atoms with Gasteiger partial charge in [0.1, 0.15) is 5.75 Å². The summed E-state index contributed by atoms with van der Waals surface area (Å²) in [6, 6.07) is 11.7. The number of nitrogens with two attached hydrogens (primary N) is 1. The highest BCUT2D eigenvalue weighted by molar-refractivity contribution is 5.91. The Balaban J connectivity index is 2.58. The Morgan fingerprint density at radius 1 is 1.18 bits per heavy atom. The van der Waals surface area contributed by atoms with Crippen LogP contribution in [0.15, 0.2) is 36.4 Å². The Kier molecular flexibility index (Phi) is 3.61. The van der Waals surface area contributed by atoms with Gasteiger partial charge in [0, 0.05) is 5.39 Å². The van der Waals surface area contributed by atoms with Crippen LogP contribution < -0.4 is 10.5 Å². The second-order valence-electron chi connectivity index (χ2n) is 4.00. The summed E-state index contributed by atoms with van der Waals surface area (Å²) < 4.78 is 5.32. The second kappa shape index (κ2) is 5.17. The van der Waals surface area contributed by atoms with Gasteiger partial charge < -0.3 is 15.6 Å². The zero-order chi connectivity index (χ0) is 12.3. The van der Waals surface area contributed by atoms with Crippen molar-refractivity contribution in [1.82, 2.24) is 0 Å². The molecular weight excluding hydrogens is 214 g/mol. The van der Waals surface area contributed by atoms with Crippen LogP contribution in [-0.2, 0) is 0 Å². The molecule has 0 fully saturated rings. The van der Waals surface area contributed by atoms with Crippen LogP contribution in [0.25, 0.3) is 10.8 Å². The summed E-state index contributed by atoms with van der Waals surface area (Å²) in [7, 11) is 1.65. The van der Waals surface area contributed by atoms with Crippen LogP contribution in [0.3, 0.4) is 0 Å². The van der Waals surface area contributed by atoms with Gasteiger partial charge in [-0.15, -0.1) is 0 Å². The van der Waals surface area contributed by atoms with Crippen molar-refractivity contribution in [2.24, 2.45) is 5.73 Å². The number of rotatable bonds is 4. The maximum Gasteiger partial charge on any atom is 0.126 e. The van der Waals surface area contributed by atoms with Gasteiger partial charge in [-0.2, -0.15) is 0 Å². The van der Waals surface area contributed by atoms with Gasteiger partial charge in [-0.25, -0.2) is 0 Å². The summed E-state index contributed by atoms with van der Waals surface area (Å²) in [5, 5.41) is 12.1. The molecule has 0 saturated heterocycles. The molecule has 3 nitrogen and oxygen atoms in total. The SMILES string of the molecule is COc1ccc([C@@H](O)CCN)c2ccccc12. The fraction of sp³-hybridized carbons (Fsp3) is 0.286. The molecule has 0 bridgehead atoms. The molecule has 0 unspecified atom stereocenters. The summed E-state index contributed by atoms with van der Waals surface area (Å²) in [5.74, 6) is 0.823. The van der Waals surface area contributed by atoms with Gasteiger partial charge in [-0.05, 0) is 30.0 Å². The van der Waals surface area contributed by atoms with Crippen molar-refractivity contribution < 1.29 is 9.84 Å². The maximum absolute atomic E-state index is 10.1. The van der Waals surface area contributed by atoms with E-state index in [1.807, 2.05) is 36.4 Å². The Hall–Kier alpha value is -1.58. The molecule has 17 heavy (non-hydrogen) atoms. The third-order valence-electron chi connectivity index (χ3n) is 2.94. The lowest BCUT2D eigenvalue weighted by atomic mass is 9.98. The van der Waals surface area contributed by atoms with E-state index in [9.17, 15) is 5.11 Å². The third-order valence-corrected chi connectivity index (χ3v) is 2.94. The monoisotopic (exact) mass is 231 g/mol. The molecule has 0 aromatic heterocycles. The first kappa shape index (κ1) is 11.9. The van der Waals surface area contributed by atoms with E-state index >= 15 is 0 Å². The van der Waals surface area contributed by atoms with Gasteiger partial charge in [0.2, 0.25) is 0 Å². The number of hydrogen-bond donors (Lipinski definition) is 2. The van der Waals surface area contributed by atoms with E-state index in [1.54, 1.807) is 7.11 Å². The Morgan fingerprint density at radius 2 is 1.88 bits per heavy atom. The van der Waals surface area contributed by atoms with E-state index in [-0.39, 0.29) is 0 Å². The lowest BCUT2D eigenvalue weighted by Crippen LogP contribution is -2.07. The van der Waals surface area contributed by atoms with Crippen LogP contribution in [-0.4, -0.2) is 18.8 Å².